The second-order valence-electron chi connectivity index (χ2n) is 3.34. The van der Waals surface area contributed by atoms with E-state index < -0.39 is 0 Å². The van der Waals surface area contributed by atoms with Gasteiger partial charge < -0.3 is 10.2 Å². The minimum absolute atomic E-state index is 0.0439. The van der Waals surface area contributed by atoms with Crippen LogP contribution in [-0.2, 0) is 0 Å². The maximum absolute atomic E-state index is 6.00. The first-order chi connectivity index (χ1) is 7.66. The van der Waals surface area contributed by atoms with E-state index in [1.165, 1.54) is 4.88 Å². The lowest BCUT2D eigenvalue weighted by atomic mass is 10.2. The topological polar surface area (TPSA) is 52.0 Å². The number of rotatable bonds is 4. The minimum atomic E-state index is 0.0439. The molecule has 16 heavy (non-hydrogen) atoms. The van der Waals surface area contributed by atoms with Gasteiger partial charge in [-0.3, -0.25) is 0 Å². The van der Waals surface area contributed by atoms with Crippen molar-refractivity contribution in [3.8, 4) is 0 Å². The molecule has 0 spiro atoms. The summed E-state index contributed by atoms with van der Waals surface area (Å²) in [5.41, 5.74) is 6.00. The molecule has 0 aliphatic carbocycles. The largest absolute Gasteiger partial charge is 0.440 e. The molecule has 0 bridgehead atoms. The maximum atomic E-state index is 6.00. The fourth-order valence-electron chi connectivity index (χ4n) is 1.28. The Balaban J connectivity index is 2.18. The fraction of sp³-hybridized carbons (Fsp3) is 0.300. The van der Waals surface area contributed by atoms with E-state index in [1.807, 2.05) is 13.0 Å². The van der Waals surface area contributed by atoms with Crippen LogP contribution >= 0.6 is 39.0 Å². The molecule has 0 amide bonds. The number of thioether (sulfide) groups is 1. The van der Waals surface area contributed by atoms with E-state index in [0.717, 1.165) is 3.79 Å². The van der Waals surface area contributed by atoms with Crippen molar-refractivity contribution in [3.63, 3.8) is 0 Å². The molecule has 3 nitrogen and oxygen atoms in total. The Bertz CT molecular complexity index is 441. The van der Waals surface area contributed by atoms with E-state index in [0.29, 0.717) is 5.22 Å². The van der Waals surface area contributed by atoms with Gasteiger partial charge in [0.1, 0.15) is 6.26 Å². The van der Waals surface area contributed by atoms with Crippen LogP contribution in [0.2, 0.25) is 0 Å². The monoisotopic (exact) mass is 318 g/mol. The lowest BCUT2D eigenvalue weighted by Gasteiger charge is -2.16. The summed E-state index contributed by atoms with van der Waals surface area (Å²) in [6.07, 6.45) is 3.22. The third-order valence-corrected chi connectivity index (χ3v) is 5.19. The van der Waals surface area contributed by atoms with Crippen molar-refractivity contribution >= 4 is 39.0 Å². The molecule has 2 N–H and O–H groups in total. The highest BCUT2D eigenvalue weighted by atomic mass is 79.9. The molecule has 0 saturated heterocycles. The summed E-state index contributed by atoms with van der Waals surface area (Å²) < 4.78 is 6.34. The van der Waals surface area contributed by atoms with Gasteiger partial charge in [-0.15, -0.1) is 11.3 Å². The van der Waals surface area contributed by atoms with Crippen LogP contribution in [0.15, 0.2) is 38.0 Å². The van der Waals surface area contributed by atoms with Crippen LogP contribution in [0.4, 0.5) is 0 Å². The van der Waals surface area contributed by atoms with E-state index >= 15 is 0 Å². The Morgan fingerprint density at radius 1 is 1.56 bits per heavy atom. The molecule has 2 rings (SSSR count). The highest BCUT2D eigenvalue weighted by molar-refractivity contribution is 9.11. The smallest absolute Gasteiger partial charge is 0.256 e. The molecule has 0 aromatic carbocycles. The molecule has 0 fully saturated rings. The summed E-state index contributed by atoms with van der Waals surface area (Å²) in [6, 6.07) is 4.16. The Hall–Kier alpha value is -0.300. The highest BCUT2D eigenvalue weighted by Gasteiger charge is 2.21. The lowest BCUT2D eigenvalue weighted by molar-refractivity contribution is 0.452. The van der Waals surface area contributed by atoms with Gasteiger partial charge in [0.15, 0.2) is 0 Å². The zero-order chi connectivity index (χ0) is 11.5. The molecule has 86 valence electrons. The van der Waals surface area contributed by atoms with E-state index in [-0.39, 0.29) is 11.3 Å². The zero-order valence-corrected chi connectivity index (χ0v) is 11.8. The first kappa shape index (κ1) is 12.2. The maximum Gasteiger partial charge on any atom is 0.256 e. The third kappa shape index (κ3) is 2.88. The Labute approximate surface area is 111 Å². The molecule has 0 aliphatic rings. The molecule has 6 heteroatoms. The standard InChI is InChI=1S/C10H11BrN2OS2/c1-6(12)9(7-2-3-8(11)15-7)16-10-13-4-5-14-10/h2-6,9H,12H2,1H3. The second-order valence-corrected chi connectivity index (χ2v) is 6.92. The van der Waals surface area contributed by atoms with Gasteiger partial charge in [0.25, 0.3) is 5.22 Å². The number of hydrogen-bond donors (Lipinski definition) is 1. The van der Waals surface area contributed by atoms with Gasteiger partial charge in [-0.1, -0.05) is 11.8 Å². The van der Waals surface area contributed by atoms with E-state index in [9.17, 15) is 0 Å². The molecular weight excluding hydrogens is 308 g/mol. The van der Waals surface area contributed by atoms with Crippen LogP contribution in [0.25, 0.3) is 0 Å². The van der Waals surface area contributed by atoms with Crippen molar-refractivity contribution < 1.29 is 4.42 Å². The van der Waals surface area contributed by atoms with Gasteiger partial charge in [0.2, 0.25) is 0 Å². The first-order valence-corrected chi connectivity index (χ1v) is 7.22. The average Bonchev–Trinajstić information content (AvgIpc) is 2.84. The predicted molar refractivity (Wildman–Crippen MR) is 70.8 cm³/mol. The van der Waals surface area contributed by atoms with E-state index in [4.69, 9.17) is 10.2 Å². The summed E-state index contributed by atoms with van der Waals surface area (Å²) >= 11 is 6.71. The second kappa shape index (κ2) is 5.35. The van der Waals surface area contributed by atoms with Crippen molar-refractivity contribution in [3.05, 3.63) is 33.3 Å². The first-order valence-electron chi connectivity index (χ1n) is 4.74. The zero-order valence-electron chi connectivity index (χ0n) is 8.59. The number of nitrogens with two attached hydrogens (primary N) is 1. The minimum Gasteiger partial charge on any atom is -0.440 e. The summed E-state index contributed by atoms with van der Waals surface area (Å²) in [4.78, 5) is 5.33. The van der Waals surface area contributed by atoms with Crippen LogP contribution in [0.5, 0.6) is 0 Å². The molecule has 0 radical (unpaired) electrons. The van der Waals surface area contributed by atoms with Crippen LogP contribution in [-0.4, -0.2) is 11.0 Å². The van der Waals surface area contributed by atoms with Gasteiger partial charge in [0, 0.05) is 10.9 Å². The van der Waals surface area contributed by atoms with Crippen molar-refractivity contribution in [1.82, 2.24) is 4.98 Å². The summed E-state index contributed by atoms with van der Waals surface area (Å²) in [7, 11) is 0. The molecule has 2 aromatic heterocycles. The van der Waals surface area contributed by atoms with Crippen LogP contribution in [0.3, 0.4) is 0 Å². The summed E-state index contributed by atoms with van der Waals surface area (Å²) in [6.45, 7) is 1.99. The predicted octanol–water partition coefficient (Wildman–Crippen LogP) is 3.68. The van der Waals surface area contributed by atoms with Crippen molar-refractivity contribution in [1.29, 1.82) is 0 Å². The molecule has 0 saturated carbocycles. The Morgan fingerprint density at radius 3 is 2.88 bits per heavy atom. The van der Waals surface area contributed by atoms with Crippen LogP contribution in [0, 0.1) is 0 Å². The SMILES string of the molecule is CC(N)C(Sc1ncco1)c1ccc(Br)s1. The van der Waals surface area contributed by atoms with Gasteiger partial charge in [-0.05, 0) is 35.0 Å². The van der Waals surface area contributed by atoms with Gasteiger partial charge in [-0.2, -0.15) is 0 Å². The number of halogens is 1. The Morgan fingerprint density at radius 2 is 2.38 bits per heavy atom. The van der Waals surface area contributed by atoms with Gasteiger partial charge in [0.05, 0.1) is 15.2 Å². The lowest BCUT2D eigenvalue weighted by Crippen LogP contribution is -2.21. The normalized spacial score (nSPS) is 14.9. The summed E-state index contributed by atoms with van der Waals surface area (Å²) in [5.74, 6) is 0. The fourth-order valence-corrected chi connectivity index (χ4v) is 3.95. The number of thiophene rings is 1. The average molecular weight is 319 g/mol. The molecule has 2 atom stereocenters. The Kier molecular flexibility index (Phi) is 4.07. The molecule has 2 unspecified atom stereocenters. The molecular formula is C10H11BrN2OS2. The molecule has 2 heterocycles. The number of nitrogens with zero attached hydrogens (tertiary/aromatic N) is 1. The van der Waals surface area contributed by atoms with Gasteiger partial charge in [-0.25, -0.2) is 4.98 Å². The quantitative estimate of drug-likeness (QED) is 0.874. The van der Waals surface area contributed by atoms with E-state index in [2.05, 4.69) is 27.0 Å². The highest BCUT2D eigenvalue weighted by Crippen LogP contribution is 2.40. The van der Waals surface area contributed by atoms with E-state index in [1.54, 1.807) is 35.6 Å². The molecule has 2 aromatic rings. The van der Waals surface area contributed by atoms with Crippen molar-refractivity contribution in [2.24, 2.45) is 5.73 Å². The third-order valence-electron chi connectivity index (χ3n) is 1.99. The van der Waals surface area contributed by atoms with Crippen molar-refractivity contribution in [2.45, 2.75) is 23.4 Å². The molecule has 0 aliphatic heterocycles. The van der Waals surface area contributed by atoms with Crippen LogP contribution in [0.1, 0.15) is 17.1 Å². The number of aromatic nitrogens is 1. The van der Waals surface area contributed by atoms with Crippen LogP contribution < -0.4 is 5.73 Å². The van der Waals surface area contributed by atoms with Gasteiger partial charge >= 0.3 is 0 Å². The van der Waals surface area contributed by atoms with Crippen molar-refractivity contribution in [2.75, 3.05) is 0 Å². The summed E-state index contributed by atoms with van der Waals surface area (Å²) in [5, 5.41) is 0.835. The number of hydrogen-bond acceptors (Lipinski definition) is 5. The number of oxazole rings is 1.